The second-order valence-corrected chi connectivity index (χ2v) is 8.51. The van der Waals surface area contributed by atoms with Crippen LogP contribution in [-0.2, 0) is 24.3 Å². The van der Waals surface area contributed by atoms with Crippen LogP contribution in [0.15, 0.2) is 89.5 Å². The molecule has 0 fully saturated rings. The largest absolute Gasteiger partial charge is 0.368 e. The van der Waals surface area contributed by atoms with E-state index in [1.807, 2.05) is 53.4 Å². The first kappa shape index (κ1) is 24.1. The van der Waals surface area contributed by atoms with Crippen LogP contribution in [0.4, 0.5) is 5.69 Å². The van der Waals surface area contributed by atoms with Gasteiger partial charge in [0.25, 0.3) is 5.69 Å². The van der Waals surface area contributed by atoms with Crippen molar-refractivity contribution >= 4 is 23.2 Å². The number of amides is 1. The maximum atomic E-state index is 12.6. The molecule has 0 saturated carbocycles. The predicted octanol–water partition coefficient (Wildman–Crippen LogP) is 5.00. The zero-order valence-electron chi connectivity index (χ0n) is 18.7. The maximum absolute atomic E-state index is 12.6. The minimum absolute atomic E-state index is 0.00285. The molecule has 3 aromatic carbocycles. The Morgan fingerprint density at radius 2 is 1.69 bits per heavy atom. The van der Waals surface area contributed by atoms with Crippen molar-refractivity contribution < 1.29 is 14.2 Å². The molecule has 4 rings (SSSR count). The van der Waals surface area contributed by atoms with Gasteiger partial charge in [-0.3, -0.25) is 19.8 Å². The molecule has 0 aliphatic heterocycles. The van der Waals surface area contributed by atoms with Crippen LogP contribution < -0.4 is 5.73 Å². The Kier molecular flexibility index (Phi) is 7.54. The fourth-order valence-electron chi connectivity index (χ4n) is 3.86. The molecule has 178 valence electrons. The van der Waals surface area contributed by atoms with Gasteiger partial charge in [0.15, 0.2) is 5.76 Å². The number of nitrogens with two attached hydrogens (primary N) is 1. The van der Waals surface area contributed by atoms with Crippen molar-refractivity contribution in [3.8, 4) is 11.3 Å². The predicted molar refractivity (Wildman–Crippen MR) is 132 cm³/mol. The van der Waals surface area contributed by atoms with E-state index in [0.29, 0.717) is 35.0 Å². The van der Waals surface area contributed by atoms with E-state index in [0.717, 1.165) is 11.1 Å². The highest BCUT2D eigenvalue weighted by atomic mass is 35.5. The van der Waals surface area contributed by atoms with E-state index in [1.54, 1.807) is 24.3 Å². The maximum Gasteiger partial charge on any atom is 0.269 e. The Labute approximate surface area is 207 Å². The van der Waals surface area contributed by atoms with Crippen LogP contribution in [0, 0.1) is 10.1 Å². The van der Waals surface area contributed by atoms with Crippen LogP contribution in [0.25, 0.3) is 11.3 Å². The summed E-state index contributed by atoms with van der Waals surface area (Å²) in [4.78, 5) is 25.0. The van der Waals surface area contributed by atoms with Crippen molar-refractivity contribution in [1.82, 2.24) is 10.1 Å². The fraction of sp³-hybridized carbons (Fsp3) is 0.154. The van der Waals surface area contributed by atoms with Crippen LogP contribution in [0.1, 0.15) is 16.8 Å². The first-order valence-corrected chi connectivity index (χ1v) is 11.3. The van der Waals surface area contributed by atoms with Gasteiger partial charge in [0.1, 0.15) is 0 Å². The molecular formula is C26H23ClN4O4. The van der Waals surface area contributed by atoms with E-state index in [-0.39, 0.29) is 12.2 Å². The third-order valence-electron chi connectivity index (χ3n) is 5.64. The highest BCUT2D eigenvalue weighted by molar-refractivity contribution is 6.33. The third-order valence-corrected chi connectivity index (χ3v) is 5.97. The van der Waals surface area contributed by atoms with E-state index >= 15 is 0 Å². The molecule has 1 heterocycles. The Hall–Kier alpha value is -4.01. The smallest absolute Gasteiger partial charge is 0.269 e. The van der Waals surface area contributed by atoms with E-state index in [9.17, 15) is 14.9 Å². The molecule has 1 atom stereocenters. The van der Waals surface area contributed by atoms with Crippen molar-refractivity contribution in [1.29, 1.82) is 0 Å². The zero-order chi connectivity index (χ0) is 24.8. The average Bonchev–Trinajstić information content (AvgIpc) is 3.31. The van der Waals surface area contributed by atoms with Gasteiger partial charge in [-0.1, -0.05) is 71.4 Å². The molecule has 35 heavy (non-hydrogen) atoms. The highest BCUT2D eigenvalue weighted by Gasteiger charge is 2.26. The number of benzene rings is 3. The van der Waals surface area contributed by atoms with Gasteiger partial charge in [0.2, 0.25) is 5.91 Å². The number of halogens is 1. The molecule has 1 amide bonds. The minimum atomic E-state index is -0.645. The van der Waals surface area contributed by atoms with Gasteiger partial charge in [0.05, 0.1) is 21.7 Å². The summed E-state index contributed by atoms with van der Waals surface area (Å²) in [6, 6.07) is 24.2. The highest BCUT2D eigenvalue weighted by Crippen LogP contribution is 2.29. The lowest BCUT2D eigenvalue weighted by molar-refractivity contribution is -0.384. The molecular weight excluding hydrogens is 468 g/mol. The van der Waals surface area contributed by atoms with E-state index < -0.39 is 16.9 Å². The molecule has 4 aromatic rings. The number of nitro benzene ring substituents is 1. The minimum Gasteiger partial charge on any atom is -0.368 e. The lowest BCUT2D eigenvalue weighted by Gasteiger charge is -2.29. The van der Waals surface area contributed by atoms with Gasteiger partial charge >= 0.3 is 0 Å². The molecule has 0 aliphatic rings. The van der Waals surface area contributed by atoms with Crippen molar-refractivity contribution in [3.63, 3.8) is 0 Å². The topological polar surface area (TPSA) is 116 Å². The third kappa shape index (κ3) is 6.11. The lowest BCUT2D eigenvalue weighted by atomic mass is 10.0. The summed E-state index contributed by atoms with van der Waals surface area (Å²) in [5.74, 6) is 0.0326. The monoisotopic (exact) mass is 490 g/mol. The van der Waals surface area contributed by atoms with E-state index in [1.165, 1.54) is 12.1 Å². The van der Waals surface area contributed by atoms with Gasteiger partial charge < -0.3 is 10.3 Å². The van der Waals surface area contributed by atoms with Crippen molar-refractivity contribution in [2.24, 2.45) is 5.73 Å². The molecule has 0 bridgehead atoms. The first-order chi connectivity index (χ1) is 16.9. The number of carbonyl (C=O) groups is 1. The van der Waals surface area contributed by atoms with Crippen LogP contribution in [0.3, 0.4) is 0 Å². The molecule has 9 heteroatoms. The van der Waals surface area contributed by atoms with Crippen LogP contribution in [0.5, 0.6) is 0 Å². The number of aromatic nitrogens is 1. The van der Waals surface area contributed by atoms with Crippen LogP contribution >= 0.6 is 11.6 Å². The van der Waals surface area contributed by atoms with Crippen molar-refractivity contribution in [2.45, 2.75) is 25.6 Å². The van der Waals surface area contributed by atoms with E-state index in [2.05, 4.69) is 5.16 Å². The molecule has 0 radical (unpaired) electrons. The number of non-ortho nitro benzene ring substituents is 1. The summed E-state index contributed by atoms with van der Waals surface area (Å²) in [7, 11) is 0. The first-order valence-electron chi connectivity index (χ1n) is 10.9. The molecule has 2 N–H and O–H groups in total. The number of nitrogens with zero attached hydrogens (tertiary/aromatic N) is 3. The number of hydrogen-bond acceptors (Lipinski definition) is 6. The molecule has 0 saturated heterocycles. The number of rotatable bonds is 10. The molecule has 0 aliphatic carbocycles. The standard InChI is InChI=1S/C26H23ClN4O4/c27-23-9-5-4-8-22(23)25-15-20(29-35-25)17-30(16-19-10-12-21(13-11-19)31(33)34)24(26(28)32)14-18-6-2-1-3-7-18/h1-13,15,24H,14,16-17H2,(H2,28,32). The van der Waals surface area contributed by atoms with Crippen LogP contribution in [0.2, 0.25) is 5.02 Å². The molecule has 0 spiro atoms. The van der Waals surface area contributed by atoms with Gasteiger partial charge in [-0.25, -0.2) is 0 Å². The fourth-order valence-corrected chi connectivity index (χ4v) is 4.09. The summed E-state index contributed by atoms with van der Waals surface area (Å²) in [6.45, 7) is 0.595. The average molecular weight is 491 g/mol. The van der Waals surface area contributed by atoms with Gasteiger partial charge in [0, 0.05) is 36.9 Å². The normalized spacial score (nSPS) is 11.9. The summed E-state index contributed by atoms with van der Waals surface area (Å²) in [5.41, 5.74) is 8.91. The number of carbonyl (C=O) groups excluding carboxylic acids is 1. The van der Waals surface area contributed by atoms with Gasteiger partial charge in [-0.05, 0) is 29.7 Å². The second-order valence-electron chi connectivity index (χ2n) is 8.10. The zero-order valence-corrected chi connectivity index (χ0v) is 19.5. The van der Waals surface area contributed by atoms with Gasteiger partial charge in [-0.15, -0.1) is 0 Å². The molecule has 1 aromatic heterocycles. The number of primary amides is 1. The summed E-state index contributed by atoms with van der Waals surface area (Å²) >= 11 is 6.29. The SMILES string of the molecule is NC(=O)C(Cc1ccccc1)N(Cc1ccc([N+](=O)[O-])cc1)Cc1cc(-c2ccccc2Cl)on1. The Bertz CT molecular complexity index is 1310. The van der Waals surface area contributed by atoms with E-state index in [4.69, 9.17) is 21.9 Å². The lowest BCUT2D eigenvalue weighted by Crippen LogP contribution is -2.45. The second kappa shape index (κ2) is 10.9. The Balaban J connectivity index is 1.63. The van der Waals surface area contributed by atoms with Gasteiger partial charge in [-0.2, -0.15) is 0 Å². The number of hydrogen-bond donors (Lipinski definition) is 1. The summed E-state index contributed by atoms with van der Waals surface area (Å²) in [6.07, 6.45) is 0.401. The van der Waals surface area contributed by atoms with Crippen molar-refractivity contribution in [2.75, 3.05) is 0 Å². The van der Waals surface area contributed by atoms with Crippen molar-refractivity contribution in [3.05, 3.63) is 117 Å². The quantitative estimate of drug-likeness (QED) is 0.247. The summed E-state index contributed by atoms with van der Waals surface area (Å²) < 4.78 is 5.53. The molecule has 1 unspecified atom stereocenters. The Morgan fingerprint density at radius 3 is 2.34 bits per heavy atom. The molecule has 8 nitrogen and oxygen atoms in total. The number of nitro groups is 1. The Morgan fingerprint density at radius 1 is 1.00 bits per heavy atom. The summed E-state index contributed by atoms with van der Waals surface area (Å²) in [5, 5.41) is 15.7. The van der Waals surface area contributed by atoms with Crippen LogP contribution in [-0.4, -0.2) is 26.9 Å².